The highest BCUT2D eigenvalue weighted by atomic mass is 16.6. The minimum absolute atomic E-state index is 0.177. The monoisotopic (exact) mass is 240 g/mol. The van der Waals surface area contributed by atoms with Crippen molar-refractivity contribution in [2.45, 2.75) is 45.6 Å². The SMILES string of the molecule is CC(C)(C)OC(=O)N1CC2CCC[C@]2(CN)C1. The number of hydrogen-bond acceptors (Lipinski definition) is 3. The number of nitrogens with two attached hydrogens (primary N) is 1. The maximum atomic E-state index is 12.0. The predicted octanol–water partition coefficient (Wildman–Crippen LogP) is 1.98. The van der Waals surface area contributed by atoms with Gasteiger partial charge in [-0.15, -0.1) is 0 Å². The fourth-order valence-corrected chi connectivity index (χ4v) is 3.21. The number of carbonyl (C=O) groups excluding carboxylic acids is 1. The molecule has 2 N–H and O–H groups in total. The van der Waals surface area contributed by atoms with Gasteiger partial charge in [-0.25, -0.2) is 4.79 Å². The minimum atomic E-state index is -0.412. The van der Waals surface area contributed by atoms with Gasteiger partial charge in [0, 0.05) is 18.5 Å². The average molecular weight is 240 g/mol. The van der Waals surface area contributed by atoms with E-state index >= 15 is 0 Å². The summed E-state index contributed by atoms with van der Waals surface area (Å²) >= 11 is 0. The topological polar surface area (TPSA) is 55.6 Å². The highest BCUT2D eigenvalue weighted by molar-refractivity contribution is 5.68. The molecule has 4 nitrogen and oxygen atoms in total. The highest BCUT2D eigenvalue weighted by Crippen LogP contribution is 2.48. The Morgan fingerprint density at radius 2 is 2.24 bits per heavy atom. The van der Waals surface area contributed by atoms with E-state index in [1.54, 1.807) is 0 Å². The van der Waals surface area contributed by atoms with Crippen molar-refractivity contribution < 1.29 is 9.53 Å². The third kappa shape index (κ3) is 2.41. The summed E-state index contributed by atoms with van der Waals surface area (Å²) in [6, 6.07) is 0. The van der Waals surface area contributed by atoms with E-state index < -0.39 is 5.60 Å². The van der Waals surface area contributed by atoms with Gasteiger partial charge in [-0.2, -0.15) is 0 Å². The van der Waals surface area contributed by atoms with Crippen LogP contribution in [0.5, 0.6) is 0 Å². The van der Waals surface area contributed by atoms with Crippen molar-refractivity contribution >= 4 is 6.09 Å². The van der Waals surface area contributed by atoms with E-state index in [1.165, 1.54) is 12.8 Å². The van der Waals surface area contributed by atoms with Gasteiger partial charge in [0.2, 0.25) is 0 Å². The van der Waals surface area contributed by atoms with E-state index in [-0.39, 0.29) is 11.5 Å². The molecule has 1 unspecified atom stereocenters. The van der Waals surface area contributed by atoms with Gasteiger partial charge in [0.15, 0.2) is 0 Å². The van der Waals surface area contributed by atoms with Crippen molar-refractivity contribution in [3.63, 3.8) is 0 Å². The summed E-state index contributed by atoms with van der Waals surface area (Å²) in [6.45, 7) is 8.01. The Morgan fingerprint density at radius 1 is 1.53 bits per heavy atom. The maximum Gasteiger partial charge on any atom is 0.410 e. The minimum Gasteiger partial charge on any atom is -0.444 e. The summed E-state index contributed by atoms with van der Waals surface area (Å²) < 4.78 is 5.42. The van der Waals surface area contributed by atoms with Crippen LogP contribution in [0.2, 0.25) is 0 Å². The third-order valence-electron chi connectivity index (χ3n) is 4.10. The predicted molar refractivity (Wildman–Crippen MR) is 66.6 cm³/mol. The molecule has 0 aromatic carbocycles. The van der Waals surface area contributed by atoms with Crippen LogP contribution in [0.15, 0.2) is 0 Å². The molecule has 4 heteroatoms. The van der Waals surface area contributed by atoms with Gasteiger partial charge in [-0.3, -0.25) is 0 Å². The number of likely N-dealkylation sites (tertiary alicyclic amines) is 1. The summed E-state index contributed by atoms with van der Waals surface area (Å²) in [4.78, 5) is 13.9. The Kier molecular flexibility index (Phi) is 3.10. The molecule has 2 aliphatic rings. The molecule has 0 aromatic heterocycles. The lowest BCUT2D eigenvalue weighted by Gasteiger charge is -2.28. The summed E-state index contributed by atoms with van der Waals surface area (Å²) in [6.07, 6.45) is 3.44. The molecular weight excluding hydrogens is 216 g/mol. The molecule has 0 radical (unpaired) electrons. The lowest BCUT2D eigenvalue weighted by atomic mass is 9.81. The first-order chi connectivity index (χ1) is 7.86. The van der Waals surface area contributed by atoms with Crippen molar-refractivity contribution in [1.82, 2.24) is 4.90 Å². The number of hydrogen-bond donors (Lipinski definition) is 1. The Morgan fingerprint density at radius 3 is 2.76 bits per heavy atom. The Hall–Kier alpha value is -0.770. The number of amides is 1. The van der Waals surface area contributed by atoms with Crippen LogP contribution in [-0.2, 0) is 4.74 Å². The van der Waals surface area contributed by atoms with E-state index in [9.17, 15) is 4.79 Å². The molecule has 1 saturated heterocycles. The van der Waals surface area contributed by atoms with E-state index in [0.717, 1.165) is 19.5 Å². The van der Waals surface area contributed by atoms with Crippen LogP contribution in [0.1, 0.15) is 40.0 Å². The zero-order chi connectivity index (χ0) is 12.7. The van der Waals surface area contributed by atoms with Crippen molar-refractivity contribution in [2.24, 2.45) is 17.1 Å². The molecule has 2 fully saturated rings. The van der Waals surface area contributed by atoms with Crippen molar-refractivity contribution in [3.05, 3.63) is 0 Å². The lowest BCUT2D eigenvalue weighted by molar-refractivity contribution is 0.0269. The second-order valence-electron chi connectivity index (χ2n) is 6.52. The molecule has 2 atom stereocenters. The van der Waals surface area contributed by atoms with Crippen molar-refractivity contribution in [1.29, 1.82) is 0 Å². The first kappa shape index (κ1) is 12.7. The molecule has 1 saturated carbocycles. The van der Waals surface area contributed by atoms with Crippen molar-refractivity contribution in [3.8, 4) is 0 Å². The second kappa shape index (κ2) is 4.16. The zero-order valence-electron chi connectivity index (χ0n) is 11.2. The second-order valence-corrected chi connectivity index (χ2v) is 6.52. The first-order valence-corrected chi connectivity index (χ1v) is 6.54. The number of ether oxygens (including phenoxy) is 1. The van der Waals surface area contributed by atoms with Gasteiger partial charge in [0.1, 0.15) is 5.60 Å². The van der Waals surface area contributed by atoms with E-state index in [4.69, 9.17) is 10.5 Å². The first-order valence-electron chi connectivity index (χ1n) is 6.54. The van der Waals surface area contributed by atoms with Crippen LogP contribution < -0.4 is 5.73 Å². The average Bonchev–Trinajstić information content (AvgIpc) is 2.70. The van der Waals surface area contributed by atoms with Crippen LogP contribution >= 0.6 is 0 Å². The van der Waals surface area contributed by atoms with Crippen LogP contribution in [0.25, 0.3) is 0 Å². The lowest BCUT2D eigenvalue weighted by Crippen LogP contribution is -2.39. The number of rotatable bonds is 1. The van der Waals surface area contributed by atoms with Crippen LogP contribution in [0.4, 0.5) is 4.79 Å². The fraction of sp³-hybridized carbons (Fsp3) is 0.923. The maximum absolute atomic E-state index is 12.0. The van der Waals surface area contributed by atoms with Gasteiger partial charge in [0.25, 0.3) is 0 Å². The summed E-state index contributed by atoms with van der Waals surface area (Å²) in [5.74, 6) is 0.583. The molecule has 1 aliphatic heterocycles. The summed E-state index contributed by atoms with van der Waals surface area (Å²) in [5.41, 5.74) is 5.69. The zero-order valence-corrected chi connectivity index (χ0v) is 11.2. The number of nitrogens with zero attached hydrogens (tertiary/aromatic N) is 1. The van der Waals surface area contributed by atoms with Gasteiger partial charge in [-0.05, 0) is 46.1 Å². The standard InChI is InChI=1S/C13H24N2O2/c1-12(2,3)17-11(16)15-7-10-5-4-6-13(10,8-14)9-15/h10H,4-9,14H2,1-3H3/t10?,13-/m0/s1. The third-order valence-corrected chi connectivity index (χ3v) is 4.10. The number of carbonyl (C=O) groups is 1. The van der Waals surface area contributed by atoms with Gasteiger partial charge < -0.3 is 15.4 Å². The van der Waals surface area contributed by atoms with Crippen LogP contribution in [0, 0.1) is 11.3 Å². The van der Waals surface area contributed by atoms with Crippen molar-refractivity contribution in [2.75, 3.05) is 19.6 Å². The number of fused-ring (bicyclic) bond motifs is 1. The van der Waals surface area contributed by atoms with Crippen LogP contribution in [-0.4, -0.2) is 36.2 Å². The molecule has 1 heterocycles. The summed E-state index contributed by atoms with van der Waals surface area (Å²) in [5, 5.41) is 0. The molecule has 0 aromatic rings. The molecular formula is C13H24N2O2. The molecule has 98 valence electrons. The highest BCUT2D eigenvalue weighted by Gasteiger charge is 2.50. The van der Waals surface area contributed by atoms with Gasteiger partial charge in [0.05, 0.1) is 0 Å². The molecule has 17 heavy (non-hydrogen) atoms. The normalized spacial score (nSPS) is 32.7. The Balaban J connectivity index is 2.00. The van der Waals surface area contributed by atoms with E-state index in [1.807, 2.05) is 25.7 Å². The Labute approximate surface area is 103 Å². The van der Waals surface area contributed by atoms with E-state index in [2.05, 4.69) is 0 Å². The molecule has 0 bridgehead atoms. The quantitative estimate of drug-likeness (QED) is 0.762. The molecule has 2 rings (SSSR count). The van der Waals surface area contributed by atoms with Crippen LogP contribution in [0.3, 0.4) is 0 Å². The Bertz CT molecular complexity index is 311. The van der Waals surface area contributed by atoms with E-state index in [0.29, 0.717) is 12.5 Å². The fourth-order valence-electron chi connectivity index (χ4n) is 3.21. The molecule has 0 spiro atoms. The largest absolute Gasteiger partial charge is 0.444 e. The molecule has 1 aliphatic carbocycles. The smallest absolute Gasteiger partial charge is 0.410 e. The van der Waals surface area contributed by atoms with Gasteiger partial charge in [-0.1, -0.05) is 6.42 Å². The summed E-state index contributed by atoms with van der Waals surface area (Å²) in [7, 11) is 0. The molecule has 1 amide bonds. The van der Waals surface area contributed by atoms with Gasteiger partial charge >= 0.3 is 6.09 Å².